The van der Waals surface area contributed by atoms with Gasteiger partial charge in [0, 0.05) is 44.2 Å². The predicted molar refractivity (Wildman–Crippen MR) is 85.2 cm³/mol. The number of pyridine rings is 1. The Balaban J connectivity index is 2.81. The molecule has 0 fully saturated rings. The van der Waals surface area contributed by atoms with Crippen LogP contribution >= 0.6 is 0 Å². The molecule has 0 amide bonds. The third-order valence-corrected chi connectivity index (χ3v) is 3.48. The van der Waals surface area contributed by atoms with Gasteiger partial charge in [0.05, 0.1) is 12.3 Å². The average molecular weight is 279 g/mol. The molecule has 1 unspecified atom stereocenters. The Bertz CT molecular complexity index is 382. The molecule has 0 aliphatic rings. The molecule has 1 heterocycles. The lowest BCUT2D eigenvalue weighted by Gasteiger charge is -2.30. The van der Waals surface area contributed by atoms with Crippen LogP contribution in [0.2, 0.25) is 0 Å². The first-order valence-corrected chi connectivity index (χ1v) is 7.52. The minimum Gasteiger partial charge on any atom is -0.383 e. The zero-order chi connectivity index (χ0) is 15.0. The minimum absolute atomic E-state index is 0.472. The summed E-state index contributed by atoms with van der Waals surface area (Å²) in [6.07, 6.45) is 3.01. The van der Waals surface area contributed by atoms with E-state index in [2.05, 4.69) is 55.0 Å². The number of ether oxygens (including phenoxy) is 1. The number of hydrogen-bond donors (Lipinski definition) is 1. The van der Waals surface area contributed by atoms with E-state index in [0.717, 1.165) is 31.8 Å². The van der Waals surface area contributed by atoms with Crippen LogP contribution in [0.3, 0.4) is 0 Å². The summed E-state index contributed by atoms with van der Waals surface area (Å²) in [6, 6.07) is 5.23. The van der Waals surface area contributed by atoms with E-state index < -0.39 is 0 Å². The Kier molecular flexibility index (Phi) is 7.55. The maximum atomic E-state index is 5.23. The maximum absolute atomic E-state index is 5.23. The van der Waals surface area contributed by atoms with E-state index in [4.69, 9.17) is 4.74 Å². The van der Waals surface area contributed by atoms with Crippen molar-refractivity contribution in [3.05, 3.63) is 24.0 Å². The number of nitrogens with zero attached hydrogens (tertiary/aromatic N) is 2. The first kappa shape index (κ1) is 16.9. The average Bonchev–Trinajstić information content (AvgIpc) is 2.45. The molecule has 1 rings (SSSR count). The second-order valence-electron chi connectivity index (χ2n) is 5.48. The van der Waals surface area contributed by atoms with Crippen molar-refractivity contribution in [2.75, 3.05) is 25.2 Å². The molecule has 0 aromatic carbocycles. The van der Waals surface area contributed by atoms with Gasteiger partial charge in [0.2, 0.25) is 0 Å². The molecular formula is C16H29N3O. The third-order valence-electron chi connectivity index (χ3n) is 3.48. The fourth-order valence-corrected chi connectivity index (χ4v) is 2.06. The number of hydrogen-bond acceptors (Lipinski definition) is 4. The third kappa shape index (κ3) is 5.47. The molecule has 4 nitrogen and oxygen atoms in total. The number of methoxy groups -OCH3 is 1. The molecule has 0 radical (unpaired) electrons. The van der Waals surface area contributed by atoms with Crippen LogP contribution in [0.4, 0.5) is 5.69 Å². The van der Waals surface area contributed by atoms with Crippen LogP contribution in [0.15, 0.2) is 18.3 Å². The van der Waals surface area contributed by atoms with E-state index in [9.17, 15) is 0 Å². The molecule has 1 N–H and O–H groups in total. The molecule has 0 aliphatic heterocycles. The van der Waals surface area contributed by atoms with Gasteiger partial charge in [0.1, 0.15) is 0 Å². The molecule has 0 bridgehead atoms. The minimum atomic E-state index is 0.472. The van der Waals surface area contributed by atoms with Gasteiger partial charge in [-0.1, -0.05) is 20.8 Å². The molecule has 4 heteroatoms. The fourth-order valence-electron chi connectivity index (χ4n) is 2.06. The number of nitrogens with one attached hydrogen (secondary N) is 1. The van der Waals surface area contributed by atoms with Crippen LogP contribution in [0.5, 0.6) is 0 Å². The van der Waals surface area contributed by atoms with E-state index in [-0.39, 0.29) is 0 Å². The number of anilines is 1. The van der Waals surface area contributed by atoms with Crippen LogP contribution in [0.25, 0.3) is 0 Å². The maximum Gasteiger partial charge on any atom is 0.0637 e. The molecule has 0 spiro atoms. The second-order valence-corrected chi connectivity index (χ2v) is 5.48. The molecule has 0 saturated carbocycles. The van der Waals surface area contributed by atoms with Gasteiger partial charge in [-0.25, -0.2) is 0 Å². The van der Waals surface area contributed by atoms with Gasteiger partial charge in [0.15, 0.2) is 0 Å². The highest BCUT2D eigenvalue weighted by molar-refractivity contribution is 5.47. The number of aromatic nitrogens is 1. The quantitative estimate of drug-likeness (QED) is 0.754. The van der Waals surface area contributed by atoms with Gasteiger partial charge in [-0.3, -0.25) is 4.98 Å². The van der Waals surface area contributed by atoms with Gasteiger partial charge in [-0.15, -0.1) is 0 Å². The largest absolute Gasteiger partial charge is 0.383 e. The summed E-state index contributed by atoms with van der Waals surface area (Å²) in [7, 11) is 1.75. The van der Waals surface area contributed by atoms with E-state index >= 15 is 0 Å². The molecule has 0 saturated heterocycles. The SMILES string of the molecule is CCC(C)N(CCOC)c1ccnc(CNC(C)C)c1. The first-order chi connectivity index (χ1) is 9.58. The summed E-state index contributed by atoms with van der Waals surface area (Å²) in [6.45, 7) is 11.2. The highest BCUT2D eigenvalue weighted by Gasteiger charge is 2.13. The summed E-state index contributed by atoms with van der Waals surface area (Å²) >= 11 is 0. The zero-order valence-electron chi connectivity index (χ0n) is 13.5. The molecule has 1 aromatic heterocycles. The molecule has 20 heavy (non-hydrogen) atoms. The van der Waals surface area contributed by atoms with Gasteiger partial charge >= 0.3 is 0 Å². The van der Waals surface area contributed by atoms with Gasteiger partial charge in [-0.2, -0.15) is 0 Å². The molecule has 0 aliphatic carbocycles. The van der Waals surface area contributed by atoms with Crippen LogP contribution < -0.4 is 10.2 Å². The second kappa shape index (κ2) is 8.93. The molecule has 1 aromatic rings. The van der Waals surface area contributed by atoms with E-state index in [1.165, 1.54) is 5.69 Å². The summed E-state index contributed by atoms with van der Waals surface area (Å²) < 4.78 is 5.23. The summed E-state index contributed by atoms with van der Waals surface area (Å²) in [5.41, 5.74) is 2.31. The van der Waals surface area contributed by atoms with Crippen molar-refractivity contribution in [2.24, 2.45) is 0 Å². The smallest absolute Gasteiger partial charge is 0.0637 e. The van der Waals surface area contributed by atoms with Crippen molar-refractivity contribution in [3.8, 4) is 0 Å². The van der Waals surface area contributed by atoms with Crippen molar-refractivity contribution in [1.29, 1.82) is 0 Å². The molecule has 1 atom stereocenters. The topological polar surface area (TPSA) is 37.4 Å². The number of rotatable bonds is 9. The van der Waals surface area contributed by atoms with E-state index in [0.29, 0.717) is 12.1 Å². The Morgan fingerprint density at radius 2 is 2.10 bits per heavy atom. The zero-order valence-corrected chi connectivity index (χ0v) is 13.5. The Labute approximate surface area is 123 Å². The van der Waals surface area contributed by atoms with Crippen molar-refractivity contribution < 1.29 is 4.74 Å². The standard InChI is InChI=1S/C16H29N3O/c1-6-14(4)19(9-10-20-5)16-7-8-17-15(11-16)12-18-13(2)3/h7-8,11,13-14,18H,6,9-10,12H2,1-5H3. The van der Waals surface area contributed by atoms with Crippen molar-refractivity contribution in [2.45, 2.75) is 52.7 Å². The monoisotopic (exact) mass is 279 g/mol. The predicted octanol–water partition coefficient (Wildman–Crippen LogP) is 2.83. The fraction of sp³-hybridized carbons (Fsp3) is 0.688. The van der Waals surface area contributed by atoms with Crippen molar-refractivity contribution in [3.63, 3.8) is 0 Å². The normalized spacial score (nSPS) is 12.7. The summed E-state index contributed by atoms with van der Waals surface area (Å²) in [5.74, 6) is 0. The van der Waals surface area contributed by atoms with Gasteiger partial charge < -0.3 is 15.0 Å². The summed E-state index contributed by atoms with van der Waals surface area (Å²) in [5, 5.41) is 3.41. The Morgan fingerprint density at radius 1 is 1.35 bits per heavy atom. The van der Waals surface area contributed by atoms with Gasteiger partial charge in [-0.05, 0) is 25.5 Å². The highest BCUT2D eigenvalue weighted by Crippen LogP contribution is 2.19. The Hall–Kier alpha value is -1.13. The van der Waals surface area contributed by atoms with Gasteiger partial charge in [0.25, 0.3) is 0 Å². The molecular weight excluding hydrogens is 250 g/mol. The lowest BCUT2D eigenvalue weighted by atomic mass is 10.2. The van der Waals surface area contributed by atoms with Crippen molar-refractivity contribution >= 4 is 5.69 Å². The summed E-state index contributed by atoms with van der Waals surface area (Å²) in [4.78, 5) is 6.83. The Morgan fingerprint density at radius 3 is 2.70 bits per heavy atom. The van der Waals surface area contributed by atoms with Crippen LogP contribution in [-0.2, 0) is 11.3 Å². The highest BCUT2D eigenvalue weighted by atomic mass is 16.5. The lowest BCUT2D eigenvalue weighted by Crippen LogP contribution is -2.35. The first-order valence-electron chi connectivity index (χ1n) is 7.52. The lowest BCUT2D eigenvalue weighted by molar-refractivity contribution is 0.203. The molecule has 114 valence electrons. The van der Waals surface area contributed by atoms with E-state index in [1.807, 2.05) is 6.20 Å². The van der Waals surface area contributed by atoms with Crippen LogP contribution in [-0.4, -0.2) is 37.3 Å². The van der Waals surface area contributed by atoms with Crippen LogP contribution in [0.1, 0.15) is 39.8 Å². The van der Waals surface area contributed by atoms with Crippen molar-refractivity contribution in [1.82, 2.24) is 10.3 Å². The van der Waals surface area contributed by atoms with Crippen LogP contribution in [0, 0.1) is 0 Å². The van der Waals surface area contributed by atoms with E-state index in [1.54, 1.807) is 7.11 Å².